The molecule has 1 aliphatic carbocycles. The molecule has 2 atom stereocenters. The fourth-order valence-corrected chi connectivity index (χ4v) is 3.04. The molecular weight excluding hydrogens is 298 g/mol. The van der Waals surface area contributed by atoms with E-state index in [1.54, 1.807) is 18.2 Å². The van der Waals surface area contributed by atoms with E-state index in [1.165, 1.54) is 0 Å². The molecule has 1 fully saturated rings. The van der Waals surface area contributed by atoms with Gasteiger partial charge in [0.25, 0.3) is 0 Å². The number of methoxy groups -OCH3 is 1. The van der Waals surface area contributed by atoms with E-state index in [1.807, 2.05) is 17.8 Å². The van der Waals surface area contributed by atoms with Gasteiger partial charge >= 0.3 is 5.97 Å². The van der Waals surface area contributed by atoms with Gasteiger partial charge in [0.2, 0.25) is 5.91 Å². The SMILES string of the molecule is CCn1cc(CN(CCOC)C(=O)C2CCC(C(=O)O)C2)cn1. The molecule has 0 saturated heterocycles. The number of amides is 1. The molecule has 0 radical (unpaired) electrons. The molecule has 0 bridgehead atoms. The maximum absolute atomic E-state index is 12.8. The van der Waals surface area contributed by atoms with Gasteiger partial charge in [-0.15, -0.1) is 0 Å². The third-order valence-electron chi connectivity index (χ3n) is 4.39. The van der Waals surface area contributed by atoms with Crippen LogP contribution < -0.4 is 0 Å². The average Bonchev–Trinajstić information content (AvgIpc) is 3.19. The van der Waals surface area contributed by atoms with Crippen molar-refractivity contribution < 1.29 is 19.4 Å². The Morgan fingerprint density at radius 2 is 2.17 bits per heavy atom. The Hall–Kier alpha value is -1.89. The Bertz CT molecular complexity index is 543. The van der Waals surface area contributed by atoms with Gasteiger partial charge in [-0.05, 0) is 26.2 Å². The van der Waals surface area contributed by atoms with Crippen LogP contribution in [0.4, 0.5) is 0 Å². The quantitative estimate of drug-likeness (QED) is 0.781. The lowest BCUT2D eigenvalue weighted by Gasteiger charge is -2.25. The minimum absolute atomic E-state index is 0.0232. The summed E-state index contributed by atoms with van der Waals surface area (Å²) in [6.07, 6.45) is 5.37. The van der Waals surface area contributed by atoms with Crippen molar-refractivity contribution in [2.45, 2.75) is 39.3 Å². The second-order valence-corrected chi connectivity index (χ2v) is 6.00. The van der Waals surface area contributed by atoms with Crippen molar-refractivity contribution in [3.63, 3.8) is 0 Å². The highest BCUT2D eigenvalue weighted by molar-refractivity contribution is 5.81. The number of carbonyl (C=O) groups excluding carboxylic acids is 1. The van der Waals surface area contributed by atoms with Crippen LogP contribution >= 0.6 is 0 Å². The zero-order chi connectivity index (χ0) is 16.8. The van der Waals surface area contributed by atoms with Gasteiger partial charge in [-0.25, -0.2) is 0 Å². The average molecular weight is 323 g/mol. The Kier molecular flexibility index (Phi) is 6.15. The van der Waals surface area contributed by atoms with Crippen LogP contribution in [0.2, 0.25) is 0 Å². The number of carboxylic acids is 1. The second kappa shape index (κ2) is 8.10. The Balaban J connectivity index is 2.02. The first kappa shape index (κ1) is 17.5. The van der Waals surface area contributed by atoms with Crippen molar-refractivity contribution in [2.75, 3.05) is 20.3 Å². The van der Waals surface area contributed by atoms with Crippen LogP contribution in [0, 0.1) is 11.8 Å². The molecule has 7 nitrogen and oxygen atoms in total. The topological polar surface area (TPSA) is 84.7 Å². The maximum atomic E-state index is 12.8. The molecule has 0 aromatic carbocycles. The third-order valence-corrected chi connectivity index (χ3v) is 4.39. The highest BCUT2D eigenvalue weighted by atomic mass is 16.5. The van der Waals surface area contributed by atoms with Crippen molar-refractivity contribution >= 4 is 11.9 Å². The summed E-state index contributed by atoms with van der Waals surface area (Å²) < 4.78 is 6.92. The minimum atomic E-state index is -0.798. The molecule has 2 unspecified atom stereocenters. The molecule has 2 rings (SSSR count). The van der Waals surface area contributed by atoms with Crippen molar-refractivity contribution in [1.82, 2.24) is 14.7 Å². The highest BCUT2D eigenvalue weighted by Crippen LogP contribution is 2.32. The van der Waals surface area contributed by atoms with Crippen LogP contribution in [0.25, 0.3) is 0 Å². The van der Waals surface area contributed by atoms with Gasteiger partial charge in [0, 0.05) is 44.4 Å². The molecule has 1 aliphatic rings. The van der Waals surface area contributed by atoms with Crippen molar-refractivity contribution in [3.05, 3.63) is 18.0 Å². The lowest BCUT2D eigenvalue weighted by molar-refractivity contribution is -0.141. The van der Waals surface area contributed by atoms with Gasteiger partial charge in [0.15, 0.2) is 0 Å². The fourth-order valence-electron chi connectivity index (χ4n) is 3.04. The second-order valence-electron chi connectivity index (χ2n) is 6.00. The first-order valence-electron chi connectivity index (χ1n) is 8.07. The monoisotopic (exact) mass is 323 g/mol. The lowest BCUT2D eigenvalue weighted by Crippen LogP contribution is -2.37. The summed E-state index contributed by atoms with van der Waals surface area (Å²) in [7, 11) is 1.60. The molecule has 1 aromatic heterocycles. The molecule has 1 amide bonds. The van der Waals surface area contributed by atoms with E-state index < -0.39 is 11.9 Å². The zero-order valence-corrected chi connectivity index (χ0v) is 13.8. The molecule has 23 heavy (non-hydrogen) atoms. The molecule has 1 heterocycles. The van der Waals surface area contributed by atoms with Crippen LogP contribution in [0.3, 0.4) is 0 Å². The van der Waals surface area contributed by atoms with Crippen LogP contribution in [0.15, 0.2) is 12.4 Å². The van der Waals surface area contributed by atoms with Gasteiger partial charge in [0.1, 0.15) is 0 Å². The van der Waals surface area contributed by atoms with Gasteiger partial charge < -0.3 is 14.7 Å². The first-order chi connectivity index (χ1) is 11.0. The largest absolute Gasteiger partial charge is 0.481 e. The fraction of sp³-hybridized carbons (Fsp3) is 0.688. The number of aromatic nitrogens is 2. The number of carbonyl (C=O) groups is 2. The van der Waals surface area contributed by atoms with Crippen LogP contribution in [0.5, 0.6) is 0 Å². The molecule has 128 valence electrons. The summed E-state index contributed by atoms with van der Waals surface area (Å²) in [5.41, 5.74) is 0.976. The van der Waals surface area contributed by atoms with E-state index in [0.29, 0.717) is 39.0 Å². The van der Waals surface area contributed by atoms with Gasteiger partial charge in [0.05, 0.1) is 18.7 Å². The van der Waals surface area contributed by atoms with E-state index in [0.717, 1.165) is 12.1 Å². The van der Waals surface area contributed by atoms with Crippen LogP contribution in [0.1, 0.15) is 31.7 Å². The van der Waals surface area contributed by atoms with E-state index in [2.05, 4.69) is 5.10 Å². The number of ether oxygens (including phenoxy) is 1. The minimum Gasteiger partial charge on any atom is -0.481 e. The molecular formula is C16H25N3O4. The van der Waals surface area contributed by atoms with Gasteiger partial charge in [-0.2, -0.15) is 5.10 Å². The van der Waals surface area contributed by atoms with E-state index >= 15 is 0 Å². The van der Waals surface area contributed by atoms with E-state index in [4.69, 9.17) is 9.84 Å². The number of aliphatic carboxylic acids is 1. The molecule has 7 heteroatoms. The van der Waals surface area contributed by atoms with Crippen LogP contribution in [-0.2, 0) is 27.4 Å². The molecule has 1 saturated carbocycles. The standard InChI is InChI=1S/C16H25N3O4/c1-3-19-11-12(9-17-19)10-18(6-7-23-2)15(20)13-4-5-14(8-13)16(21)22/h9,11,13-14H,3-8,10H2,1-2H3,(H,21,22). The van der Waals surface area contributed by atoms with Crippen LogP contribution in [-0.4, -0.2) is 51.9 Å². The number of hydrogen-bond donors (Lipinski definition) is 1. The number of nitrogens with zero attached hydrogens (tertiary/aromatic N) is 3. The molecule has 1 aromatic rings. The van der Waals surface area contributed by atoms with Crippen molar-refractivity contribution in [2.24, 2.45) is 11.8 Å². The number of hydrogen-bond acceptors (Lipinski definition) is 4. The van der Waals surface area contributed by atoms with E-state index in [9.17, 15) is 9.59 Å². The zero-order valence-electron chi connectivity index (χ0n) is 13.8. The molecule has 0 spiro atoms. The summed E-state index contributed by atoms with van der Waals surface area (Å²) >= 11 is 0. The number of rotatable bonds is 8. The molecule has 1 N–H and O–H groups in total. The third kappa shape index (κ3) is 4.54. The smallest absolute Gasteiger partial charge is 0.306 e. The summed E-state index contributed by atoms with van der Waals surface area (Å²) in [6.45, 7) is 4.24. The Morgan fingerprint density at radius 3 is 2.74 bits per heavy atom. The van der Waals surface area contributed by atoms with E-state index in [-0.39, 0.29) is 11.8 Å². The number of aryl methyl sites for hydroxylation is 1. The predicted molar refractivity (Wildman–Crippen MR) is 83.7 cm³/mol. The Morgan fingerprint density at radius 1 is 1.43 bits per heavy atom. The van der Waals surface area contributed by atoms with Gasteiger partial charge in [-0.1, -0.05) is 0 Å². The maximum Gasteiger partial charge on any atom is 0.306 e. The first-order valence-corrected chi connectivity index (χ1v) is 8.07. The number of carboxylic acid groups (broad SMARTS) is 1. The summed E-state index contributed by atoms with van der Waals surface area (Å²) in [5, 5.41) is 13.3. The normalized spacial score (nSPS) is 20.6. The summed E-state index contributed by atoms with van der Waals surface area (Å²) in [4.78, 5) is 25.6. The van der Waals surface area contributed by atoms with Crippen molar-refractivity contribution in [3.8, 4) is 0 Å². The highest BCUT2D eigenvalue weighted by Gasteiger charge is 2.35. The molecule has 0 aliphatic heterocycles. The summed E-state index contributed by atoms with van der Waals surface area (Å²) in [6, 6.07) is 0. The lowest BCUT2D eigenvalue weighted by atomic mass is 10.0. The van der Waals surface area contributed by atoms with Gasteiger partial charge in [-0.3, -0.25) is 14.3 Å². The van der Waals surface area contributed by atoms with Crippen molar-refractivity contribution in [1.29, 1.82) is 0 Å². The summed E-state index contributed by atoms with van der Waals surface area (Å²) in [5.74, 6) is -1.37. The predicted octanol–water partition coefficient (Wildman–Crippen LogP) is 1.38. The Labute approximate surface area is 136 Å².